The van der Waals surface area contributed by atoms with Gasteiger partial charge in [-0.15, -0.1) is 0 Å². The van der Waals surface area contributed by atoms with Gasteiger partial charge in [0, 0.05) is 19.3 Å². The van der Waals surface area contributed by atoms with Crippen molar-refractivity contribution in [3.63, 3.8) is 0 Å². The molecular weight excluding hydrogens is 174 g/mol. The van der Waals surface area contributed by atoms with E-state index in [9.17, 15) is 0 Å². The van der Waals surface area contributed by atoms with Crippen LogP contribution in [-0.4, -0.2) is 25.8 Å². The fourth-order valence-corrected chi connectivity index (χ4v) is 3.14. The van der Waals surface area contributed by atoms with E-state index in [0.717, 1.165) is 25.2 Å². The van der Waals surface area contributed by atoms with Crippen LogP contribution in [0.3, 0.4) is 0 Å². The molecule has 0 bridgehead atoms. The second kappa shape index (κ2) is 3.49. The first-order chi connectivity index (χ1) is 6.86. The maximum atomic E-state index is 5.43. The van der Waals surface area contributed by atoms with Gasteiger partial charge in [0.15, 0.2) is 0 Å². The van der Waals surface area contributed by atoms with Gasteiger partial charge in [-0.2, -0.15) is 0 Å². The molecule has 80 valence electrons. The Morgan fingerprint density at radius 1 is 1.14 bits per heavy atom. The van der Waals surface area contributed by atoms with Gasteiger partial charge in [-0.05, 0) is 56.4 Å². The number of hydrogen-bond acceptors (Lipinski definition) is 2. The van der Waals surface area contributed by atoms with Crippen molar-refractivity contribution in [1.29, 1.82) is 0 Å². The summed E-state index contributed by atoms with van der Waals surface area (Å²) in [6.45, 7) is 3.32. The van der Waals surface area contributed by atoms with Crippen molar-refractivity contribution in [2.24, 2.45) is 11.3 Å². The predicted molar refractivity (Wildman–Crippen MR) is 56.2 cm³/mol. The van der Waals surface area contributed by atoms with Gasteiger partial charge in [0.25, 0.3) is 0 Å². The first kappa shape index (κ1) is 9.17. The standard InChI is InChI=1S/C12H21NO/c1-2-11(1)13-9-10-7-12(8-10)3-5-14-6-4-12/h10-11,13H,1-9H2. The van der Waals surface area contributed by atoms with Crippen molar-refractivity contribution in [3.05, 3.63) is 0 Å². The molecule has 2 aliphatic carbocycles. The second-order valence-corrected chi connectivity index (χ2v) is 5.57. The van der Waals surface area contributed by atoms with Gasteiger partial charge < -0.3 is 10.1 Å². The summed E-state index contributed by atoms with van der Waals surface area (Å²) in [4.78, 5) is 0. The van der Waals surface area contributed by atoms with Gasteiger partial charge >= 0.3 is 0 Å². The molecule has 2 nitrogen and oxygen atoms in total. The molecule has 3 rings (SSSR count). The molecule has 1 heterocycles. The van der Waals surface area contributed by atoms with Crippen molar-refractivity contribution in [1.82, 2.24) is 5.32 Å². The third kappa shape index (κ3) is 1.82. The van der Waals surface area contributed by atoms with Crippen LogP contribution in [0.5, 0.6) is 0 Å². The van der Waals surface area contributed by atoms with Crippen molar-refractivity contribution in [2.75, 3.05) is 19.8 Å². The van der Waals surface area contributed by atoms with E-state index < -0.39 is 0 Å². The first-order valence-electron chi connectivity index (χ1n) is 6.18. The summed E-state index contributed by atoms with van der Waals surface area (Å²) >= 11 is 0. The molecule has 14 heavy (non-hydrogen) atoms. The van der Waals surface area contributed by atoms with Crippen LogP contribution >= 0.6 is 0 Å². The Morgan fingerprint density at radius 3 is 2.50 bits per heavy atom. The average Bonchev–Trinajstić information content (AvgIpc) is 2.96. The van der Waals surface area contributed by atoms with Gasteiger partial charge in [0.1, 0.15) is 0 Å². The summed E-state index contributed by atoms with van der Waals surface area (Å²) in [6, 6.07) is 0.890. The number of rotatable bonds is 3. The van der Waals surface area contributed by atoms with Crippen molar-refractivity contribution >= 4 is 0 Å². The molecule has 1 aliphatic heterocycles. The van der Waals surface area contributed by atoms with E-state index in [1.807, 2.05) is 0 Å². The monoisotopic (exact) mass is 195 g/mol. The van der Waals surface area contributed by atoms with E-state index in [1.54, 1.807) is 0 Å². The predicted octanol–water partition coefficient (Wildman–Crippen LogP) is 1.95. The van der Waals surface area contributed by atoms with Crippen molar-refractivity contribution in [2.45, 2.75) is 44.6 Å². The highest BCUT2D eigenvalue weighted by Crippen LogP contribution is 2.52. The lowest BCUT2D eigenvalue weighted by Gasteiger charge is -2.50. The lowest BCUT2D eigenvalue weighted by Crippen LogP contribution is -2.45. The normalized spacial score (nSPS) is 31.7. The fourth-order valence-electron chi connectivity index (χ4n) is 3.14. The molecule has 2 heteroatoms. The molecule has 0 aromatic rings. The third-order valence-electron chi connectivity index (χ3n) is 4.27. The van der Waals surface area contributed by atoms with E-state index >= 15 is 0 Å². The molecule has 0 aromatic heterocycles. The highest BCUT2D eigenvalue weighted by molar-refractivity contribution is 4.96. The first-order valence-corrected chi connectivity index (χ1v) is 6.18. The van der Waals surface area contributed by atoms with Crippen LogP contribution in [0.2, 0.25) is 0 Å². The van der Waals surface area contributed by atoms with E-state index in [2.05, 4.69) is 5.32 Å². The molecule has 0 radical (unpaired) electrons. The molecule has 0 amide bonds. The van der Waals surface area contributed by atoms with E-state index in [0.29, 0.717) is 5.41 Å². The van der Waals surface area contributed by atoms with Crippen LogP contribution in [0.4, 0.5) is 0 Å². The Hall–Kier alpha value is -0.0800. The molecule has 1 saturated heterocycles. The molecule has 3 fully saturated rings. The van der Waals surface area contributed by atoms with Crippen LogP contribution in [0.15, 0.2) is 0 Å². The Balaban J connectivity index is 1.40. The minimum atomic E-state index is 0.716. The van der Waals surface area contributed by atoms with E-state index in [4.69, 9.17) is 4.74 Å². The average molecular weight is 195 g/mol. The summed E-state index contributed by atoms with van der Waals surface area (Å²) in [5.74, 6) is 0.980. The van der Waals surface area contributed by atoms with Gasteiger partial charge in [-0.25, -0.2) is 0 Å². The number of nitrogens with one attached hydrogen (secondary N) is 1. The summed E-state index contributed by atoms with van der Waals surface area (Å²) < 4.78 is 5.43. The zero-order chi connectivity index (χ0) is 9.43. The number of ether oxygens (including phenoxy) is 1. The molecule has 0 atom stereocenters. The largest absolute Gasteiger partial charge is 0.381 e. The lowest BCUT2D eigenvalue weighted by atomic mass is 9.58. The molecule has 3 aliphatic rings. The highest BCUT2D eigenvalue weighted by Gasteiger charge is 2.44. The van der Waals surface area contributed by atoms with Crippen LogP contribution in [0, 0.1) is 11.3 Å². The zero-order valence-corrected chi connectivity index (χ0v) is 8.93. The summed E-state index contributed by atoms with van der Waals surface area (Å²) in [5, 5.41) is 3.65. The zero-order valence-electron chi connectivity index (χ0n) is 8.93. The van der Waals surface area contributed by atoms with Gasteiger partial charge in [-0.3, -0.25) is 0 Å². The van der Waals surface area contributed by atoms with Crippen LogP contribution in [-0.2, 0) is 4.74 Å². The van der Waals surface area contributed by atoms with Crippen molar-refractivity contribution in [3.8, 4) is 0 Å². The third-order valence-corrected chi connectivity index (χ3v) is 4.27. The van der Waals surface area contributed by atoms with Crippen LogP contribution in [0.25, 0.3) is 0 Å². The maximum Gasteiger partial charge on any atom is 0.0471 e. The SMILES string of the molecule is C1CC2(CCO1)CC(CNC1CC1)C2. The van der Waals surface area contributed by atoms with Crippen LogP contribution in [0.1, 0.15) is 38.5 Å². The molecule has 1 spiro atoms. The topological polar surface area (TPSA) is 21.3 Å². The smallest absolute Gasteiger partial charge is 0.0471 e. The molecule has 2 saturated carbocycles. The highest BCUT2D eigenvalue weighted by atomic mass is 16.5. The summed E-state index contributed by atoms with van der Waals surface area (Å²) in [5.41, 5.74) is 0.716. The summed E-state index contributed by atoms with van der Waals surface area (Å²) in [6.07, 6.45) is 8.43. The van der Waals surface area contributed by atoms with E-state index in [-0.39, 0.29) is 0 Å². The molecule has 0 aromatic carbocycles. The summed E-state index contributed by atoms with van der Waals surface area (Å²) in [7, 11) is 0. The van der Waals surface area contributed by atoms with Gasteiger partial charge in [-0.1, -0.05) is 0 Å². The quantitative estimate of drug-likeness (QED) is 0.743. The van der Waals surface area contributed by atoms with Crippen molar-refractivity contribution < 1.29 is 4.74 Å². The van der Waals surface area contributed by atoms with Crippen LogP contribution < -0.4 is 5.32 Å². The second-order valence-electron chi connectivity index (χ2n) is 5.57. The van der Waals surface area contributed by atoms with Gasteiger partial charge in [0.2, 0.25) is 0 Å². The Morgan fingerprint density at radius 2 is 1.86 bits per heavy atom. The fraction of sp³-hybridized carbons (Fsp3) is 1.00. The molecular formula is C12H21NO. The minimum Gasteiger partial charge on any atom is -0.381 e. The number of hydrogen-bond donors (Lipinski definition) is 1. The Bertz CT molecular complexity index is 198. The molecule has 1 N–H and O–H groups in total. The molecule has 0 unspecified atom stereocenters. The lowest BCUT2D eigenvalue weighted by molar-refractivity contribution is -0.0581. The Kier molecular flexibility index (Phi) is 2.29. The van der Waals surface area contributed by atoms with Gasteiger partial charge in [0.05, 0.1) is 0 Å². The maximum absolute atomic E-state index is 5.43. The Labute approximate surface area is 86.4 Å². The van der Waals surface area contributed by atoms with E-state index in [1.165, 1.54) is 45.1 Å². The minimum absolute atomic E-state index is 0.716.